The van der Waals surface area contributed by atoms with E-state index < -0.39 is 24.2 Å². The van der Waals surface area contributed by atoms with E-state index in [0.29, 0.717) is 6.42 Å². The zero-order chi connectivity index (χ0) is 13.1. The van der Waals surface area contributed by atoms with Crippen LogP contribution >= 0.6 is 0 Å². The van der Waals surface area contributed by atoms with E-state index in [9.17, 15) is 23.1 Å². The van der Waals surface area contributed by atoms with Gasteiger partial charge in [0.1, 0.15) is 0 Å². The van der Waals surface area contributed by atoms with Gasteiger partial charge in [-0.1, -0.05) is 13.3 Å². The smallest absolute Gasteiger partial charge is 0.386 e. The molecule has 1 saturated heterocycles. The first-order valence-corrected chi connectivity index (χ1v) is 5.53. The van der Waals surface area contributed by atoms with Crippen LogP contribution in [0.15, 0.2) is 0 Å². The normalized spacial score (nSPS) is 19.0. The SMILES string of the molecule is CCCC1(O)CN(C(=O)CNCC(F)(F)F)C1. The van der Waals surface area contributed by atoms with Crippen molar-refractivity contribution >= 4 is 5.91 Å². The molecule has 1 aliphatic heterocycles. The summed E-state index contributed by atoms with van der Waals surface area (Å²) in [5.74, 6) is -0.407. The van der Waals surface area contributed by atoms with Gasteiger partial charge in [-0.05, 0) is 6.42 Å². The number of aliphatic hydroxyl groups is 1. The van der Waals surface area contributed by atoms with E-state index in [-0.39, 0.29) is 19.6 Å². The van der Waals surface area contributed by atoms with Gasteiger partial charge in [0.15, 0.2) is 0 Å². The summed E-state index contributed by atoms with van der Waals surface area (Å²) in [5.41, 5.74) is -0.839. The number of carbonyl (C=O) groups is 1. The molecule has 1 aliphatic rings. The highest BCUT2D eigenvalue weighted by Crippen LogP contribution is 2.25. The highest BCUT2D eigenvalue weighted by molar-refractivity contribution is 5.79. The molecule has 1 rings (SSSR count). The van der Waals surface area contributed by atoms with Crippen molar-refractivity contribution in [3.63, 3.8) is 0 Å². The first-order valence-electron chi connectivity index (χ1n) is 5.53. The van der Waals surface area contributed by atoms with Crippen molar-refractivity contribution in [2.24, 2.45) is 0 Å². The molecule has 100 valence electrons. The van der Waals surface area contributed by atoms with E-state index in [2.05, 4.69) is 0 Å². The van der Waals surface area contributed by atoms with Gasteiger partial charge in [0.25, 0.3) is 0 Å². The Labute approximate surface area is 97.8 Å². The number of hydrogen-bond acceptors (Lipinski definition) is 3. The van der Waals surface area contributed by atoms with Gasteiger partial charge in [-0.15, -0.1) is 0 Å². The lowest BCUT2D eigenvalue weighted by Crippen LogP contribution is -2.64. The van der Waals surface area contributed by atoms with Crippen molar-refractivity contribution in [1.29, 1.82) is 0 Å². The third-order valence-corrected chi connectivity index (χ3v) is 2.64. The fraction of sp³-hybridized carbons (Fsp3) is 0.900. The molecule has 0 aliphatic carbocycles. The molecule has 1 fully saturated rings. The van der Waals surface area contributed by atoms with E-state index in [1.54, 1.807) is 0 Å². The number of likely N-dealkylation sites (tertiary alicyclic amines) is 1. The number of β-amino-alcohol motifs (C(OH)–C–C–N with tert-alkyl or cyclic N) is 1. The van der Waals surface area contributed by atoms with Gasteiger partial charge in [-0.3, -0.25) is 4.79 Å². The second kappa shape index (κ2) is 5.22. The molecule has 1 amide bonds. The number of amides is 1. The zero-order valence-corrected chi connectivity index (χ0v) is 9.68. The van der Waals surface area contributed by atoms with Gasteiger partial charge in [0.2, 0.25) is 5.91 Å². The second-order valence-electron chi connectivity index (χ2n) is 4.44. The van der Waals surface area contributed by atoms with E-state index >= 15 is 0 Å². The quantitative estimate of drug-likeness (QED) is 0.751. The van der Waals surface area contributed by atoms with Crippen molar-refractivity contribution in [3.05, 3.63) is 0 Å². The summed E-state index contributed by atoms with van der Waals surface area (Å²) in [6.07, 6.45) is -2.89. The molecule has 7 heteroatoms. The van der Waals surface area contributed by atoms with Gasteiger partial charge in [0.05, 0.1) is 31.8 Å². The molecule has 0 aromatic carbocycles. The Morgan fingerprint density at radius 1 is 1.47 bits per heavy atom. The summed E-state index contributed by atoms with van der Waals surface area (Å²) in [6, 6.07) is 0. The number of carbonyl (C=O) groups excluding carboxylic acids is 1. The molecule has 0 atom stereocenters. The average Bonchev–Trinajstić information content (AvgIpc) is 2.12. The van der Waals surface area contributed by atoms with Crippen molar-refractivity contribution in [1.82, 2.24) is 10.2 Å². The molecule has 0 spiro atoms. The van der Waals surface area contributed by atoms with Crippen LogP contribution in [0.4, 0.5) is 13.2 Å². The maximum absolute atomic E-state index is 11.8. The molecule has 0 aromatic rings. The molecular formula is C10H17F3N2O2. The predicted molar refractivity (Wildman–Crippen MR) is 55.4 cm³/mol. The largest absolute Gasteiger partial charge is 0.401 e. The van der Waals surface area contributed by atoms with Crippen molar-refractivity contribution in [2.75, 3.05) is 26.2 Å². The highest BCUT2D eigenvalue weighted by atomic mass is 19.4. The van der Waals surface area contributed by atoms with E-state index in [0.717, 1.165) is 6.42 Å². The summed E-state index contributed by atoms with van der Waals surface area (Å²) in [6.45, 7) is 0.835. The minimum atomic E-state index is -4.31. The standard InChI is InChI=1S/C10H17F3N2O2/c1-2-3-9(17)6-15(7-9)8(16)4-14-5-10(11,12)13/h14,17H,2-7H2,1H3. The molecule has 4 nitrogen and oxygen atoms in total. The minimum Gasteiger partial charge on any atom is -0.386 e. The summed E-state index contributed by atoms with van der Waals surface area (Å²) in [7, 11) is 0. The Balaban J connectivity index is 2.19. The predicted octanol–water partition coefficient (Wildman–Crippen LogP) is 0.512. The van der Waals surface area contributed by atoms with Crippen LogP contribution in [0.3, 0.4) is 0 Å². The van der Waals surface area contributed by atoms with Crippen LogP contribution in [0.2, 0.25) is 0 Å². The van der Waals surface area contributed by atoms with Crippen LogP contribution < -0.4 is 5.32 Å². The zero-order valence-electron chi connectivity index (χ0n) is 9.68. The van der Waals surface area contributed by atoms with Crippen LogP contribution in [0.5, 0.6) is 0 Å². The van der Waals surface area contributed by atoms with Crippen molar-refractivity contribution in [2.45, 2.75) is 31.5 Å². The van der Waals surface area contributed by atoms with E-state index in [4.69, 9.17) is 0 Å². The first-order chi connectivity index (χ1) is 7.76. The highest BCUT2D eigenvalue weighted by Gasteiger charge is 2.42. The first kappa shape index (κ1) is 14.2. The molecule has 0 saturated carbocycles. The molecule has 1 heterocycles. The Hall–Kier alpha value is -0.820. The molecule has 0 radical (unpaired) electrons. The maximum Gasteiger partial charge on any atom is 0.401 e. The van der Waals surface area contributed by atoms with Gasteiger partial charge >= 0.3 is 6.18 Å². The maximum atomic E-state index is 11.8. The van der Waals surface area contributed by atoms with Crippen molar-refractivity contribution < 1.29 is 23.1 Å². The lowest BCUT2D eigenvalue weighted by atomic mass is 9.89. The Morgan fingerprint density at radius 3 is 2.53 bits per heavy atom. The monoisotopic (exact) mass is 254 g/mol. The number of rotatable bonds is 5. The van der Waals surface area contributed by atoms with Crippen LogP contribution in [-0.2, 0) is 4.79 Å². The van der Waals surface area contributed by atoms with E-state index in [1.807, 2.05) is 12.2 Å². The van der Waals surface area contributed by atoms with Crippen LogP contribution in [0.25, 0.3) is 0 Å². The molecule has 0 aromatic heterocycles. The van der Waals surface area contributed by atoms with Gasteiger partial charge in [-0.2, -0.15) is 13.2 Å². The third kappa shape index (κ3) is 4.51. The Bertz CT molecular complexity index is 275. The van der Waals surface area contributed by atoms with E-state index in [1.165, 1.54) is 4.90 Å². The molecule has 2 N–H and O–H groups in total. The lowest BCUT2D eigenvalue weighted by molar-refractivity contribution is -0.156. The fourth-order valence-electron chi connectivity index (χ4n) is 1.89. The van der Waals surface area contributed by atoms with Gasteiger partial charge in [0, 0.05) is 0 Å². The molecular weight excluding hydrogens is 237 g/mol. The average molecular weight is 254 g/mol. The van der Waals surface area contributed by atoms with Gasteiger partial charge in [-0.25, -0.2) is 0 Å². The Morgan fingerprint density at radius 2 is 2.06 bits per heavy atom. The van der Waals surface area contributed by atoms with Crippen LogP contribution in [-0.4, -0.2) is 53.9 Å². The number of nitrogens with one attached hydrogen (secondary N) is 1. The summed E-state index contributed by atoms with van der Waals surface area (Å²) < 4.78 is 35.4. The number of alkyl halides is 3. The summed E-state index contributed by atoms with van der Waals surface area (Å²) in [5, 5.41) is 11.8. The topological polar surface area (TPSA) is 52.6 Å². The number of halogens is 3. The van der Waals surface area contributed by atoms with Crippen LogP contribution in [0, 0.1) is 0 Å². The van der Waals surface area contributed by atoms with Crippen LogP contribution in [0.1, 0.15) is 19.8 Å². The summed E-state index contributed by atoms with van der Waals surface area (Å²) in [4.78, 5) is 12.7. The van der Waals surface area contributed by atoms with Gasteiger partial charge < -0.3 is 15.3 Å². The lowest BCUT2D eigenvalue weighted by Gasteiger charge is -2.46. The molecule has 17 heavy (non-hydrogen) atoms. The minimum absolute atomic E-state index is 0.216. The Kier molecular flexibility index (Phi) is 4.37. The summed E-state index contributed by atoms with van der Waals surface area (Å²) >= 11 is 0. The molecule has 0 bridgehead atoms. The van der Waals surface area contributed by atoms with Crippen molar-refractivity contribution in [3.8, 4) is 0 Å². The third-order valence-electron chi connectivity index (χ3n) is 2.64. The number of nitrogens with zero attached hydrogens (tertiary/aromatic N) is 1. The molecule has 0 unspecified atom stereocenters. The number of hydrogen-bond donors (Lipinski definition) is 2. The second-order valence-corrected chi connectivity index (χ2v) is 4.44. The fourth-order valence-corrected chi connectivity index (χ4v) is 1.89.